The number of carbonyl (C=O) groups is 3. The van der Waals surface area contributed by atoms with Gasteiger partial charge in [0, 0.05) is 11.3 Å². The van der Waals surface area contributed by atoms with Gasteiger partial charge in [-0.25, -0.2) is 4.39 Å². The summed E-state index contributed by atoms with van der Waals surface area (Å²) in [5.41, 5.74) is 5.74. The lowest BCUT2D eigenvalue weighted by Crippen LogP contribution is -2.33. The fourth-order valence-electron chi connectivity index (χ4n) is 1.82. The molecule has 2 rings (SSSR count). The van der Waals surface area contributed by atoms with Crippen molar-refractivity contribution in [1.29, 1.82) is 0 Å². The summed E-state index contributed by atoms with van der Waals surface area (Å²) in [4.78, 5) is 34.4. The van der Waals surface area contributed by atoms with Crippen LogP contribution in [0.3, 0.4) is 0 Å². The summed E-state index contributed by atoms with van der Waals surface area (Å²) in [6.07, 6.45) is 0. The fraction of sp³-hybridized carbons (Fsp3) is 0.0625. The second kappa shape index (κ2) is 7.17. The third kappa shape index (κ3) is 4.37. The van der Waals surface area contributed by atoms with Crippen LogP contribution in [-0.2, 0) is 4.79 Å². The molecule has 0 saturated heterocycles. The molecule has 0 aliphatic heterocycles. The van der Waals surface area contributed by atoms with Gasteiger partial charge in [-0.15, -0.1) is 0 Å². The summed E-state index contributed by atoms with van der Waals surface area (Å²) in [6.45, 7) is -0.315. The van der Waals surface area contributed by atoms with E-state index in [2.05, 4.69) is 10.6 Å². The van der Waals surface area contributed by atoms with E-state index < -0.39 is 23.5 Å². The predicted octanol–water partition coefficient (Wildman–Crippen LogP) is 1.29. The lowest BCUT2D eigenvalue weighted by Gasteiger charge is -2.08. The van der Waals surface area contributed by atoms with Gasteiger partial charge in [0.15, 0.2) is 0 Å². The molecule has 23 heavy (non-hydrogen) atoms. The highest BCUT2D eigenvalue weighted by Gasteiger charge is 2.12. The number of carbonyl (C=O) groups excluding carboxylic acids is 3. The second-order valence-electron chi connectivity index (χ2n) is 4.65. The Hall–Kier alpha value is -3.22. The highest BCUT2D eigenvalue weighted by atomic mass is 19.1. The van der Waals surface area contributed by atoms with Crippen molar-refractivity contribution in [3.8, 4) is 0 Å². The SMILES string of the molecule is NC(=O)c1ccc(NC(=O)CNC(=O)c2ccccc2F)cc1. The predicted molar refractivity (Wildman–Crippen MR) is 82.3 cm³/mol. The number of nitrogens with two attached hydrogens (primary N) is 1. The largest absolute Gasteiger partial charge is 0.366 e. The average molecular weight is 315 g/mol. The van der Waals surface area contributed by atoms with E-state index in [4.69, 9.17) is 5.73 Å². The summed E-state index contributed by atoms with van der Waals surface area (Å²) in [6, 6.07) is 11.4. The molecular weight excluding hydrogens is 301 g/mol. The van der Waals surface area contributed by atoms with Gasteiger partial charge in [-0.1, -0.05) is 12.1 Å². The Morgan fingerprint density at radius 2 is 1.65 bits per heavy atom. The van der Waals surface area contributed by atoms with Crippen molar-refractivity contribution in [1.82, 2.24) is 5.32 Å². The molecule has 0 radical (unpaired) electrons. The van der Waals surface area contributed by atoms with Gasteiger partial charge >= 0.3 is 0 Å². The van der Waals surface area contributed by atoms with Crippen molar-refractivity contribution in [2.75, 3.05) is 11.9 Å². The molecule has 4 N–H and O–H groups in total. The summed E-state index contributed by atoms with van der Waals surface area (Å²) in [5.74, 6) is -2.39. The Morgan fingerprint density at radius 1 is 1.00 bits per heavy atom. The Morgan fingerprint density at radius 3 is 2.26 bits per heavy atom. The number of amides is 3. The normalized spacial score (nSPS) is 9.96. The first-order valence-corrected chi connectivity index (χ1v) is 6.70. The minimum absolute atomic E-state index is 0.133. The van der Waals surface area contributed by atoms with Crippen LogP contribution in [0.2, 0.25) is 0 Å². The van der Waals surface area contributed by atoms with E-state index in [-0.39, 0.29) is 12.1 Å². The Kier molecular flexibility index (Phi) is 5.03. The number of hydrogen-bond acceptors (Lipinski definition) is 3. The van der Waals surface area contributed by atoms with Gasteiger partial charge in [0.25, 0.3) is 5.91 Å². The molecule has 2 aromatic carbocycles. The van der Waals surface area contributed by atoms with Gasteiger partial charge in [0.2, 0.25) is 11.8 Å². The smallest absolute Gasteiger partial charge is 0.254 e. The summed E-state index contributed by atoms with van der Waals surface area (Å²) in [5, 5.41) is 4.85. The maximum Gasteiger partial charge on any atom is 0.254 e. The monoisotopic (exact) mass is 315 g/mol. The highest BCUT2D eigenvalue weighted by molar-refractivity contribution is 5.99. The van der Waals surface area contributed by atoms with Crippen LogP contribution >= 0.6 is 0 Å². The molecule has 3 amide bonds. The van der Waals surface area contributed by atoms with E-state index in [0.29, 0.717) is 11.3 Å². The van der Waals surface area contributed by atoms with Gasteiger partial charge in [-0.3, -0.25) is 14.4 Å². The van der Waals surface area contributed by atoms with Crippen LogP contribution in [-0.4, -0.2) is 24.3 Å². The van der Waals surface area contributed by atoms with E-state index in [1.54, 1.807) is 0 Å². The van der Waals surface area contributed by atoms with E-state index in [1.807, 2.05) is 0 Å². The first kappa shape index (κ1) is 16.2. The van der Waals surface area contributed by atoms with Crippen LogP contribution in [0.4, 0.5) is 10.1 Å². The third-order valence-corrected chi connectivity index (χ3v) is 2.98. The molecule has 0 unspecified atom stereocenters. The topological polar surface area (TPSA) is 101 Å². The van der Waals surface area contributed by atoms with Gasteiger partial charge in [-0.2, -0.15) is 0 Å². The standard InChI is InChI=1S/C16H14FN3O3/c17-13-4-2-1-3-12(13)16(23)19-9-14(21)20-11-7-5-10(6-8-11)15(18)22/h1-8H,9H2,(H2,18,22)(H,19,23)(H,20,21). The molecule has 0 fully saturated rings. The van der Waals surface area contributed by atoms with Crippen LogP contribution < -0.4 is 16.4 Å². The first-order chi connectivity index (χ1) is 11.0. The molecular formula is C16H14FN3O3. The van der Waals surface area contributed by atoms with Gasteiger partial charge in [0.1, 0.15) is 5.82 Å². The first-order valence-electron chi connectivity index (χ1n) is 6.70. The maximum atomic E-state index is 13.4. The van der Waals surface area contributed by atoms with Crippen molar-refractivity contribution in [3.05, 3.63) is 65.5 Å². The van der Waals surface area contributed by atoms with Crippen molar-refractivity contribution in [2.45, 2.75) is 0 Å². The van der Waals surface area contributed by atoms with Crippen molar-refractivity contribution < 1.29 is 18.8 Å². The lowest BCUT2D eigenvalue weighted by atomic mass is 10.2. The summed E-state index contributed by atoms with van der Waals surface area (Å²) < 4.78 is 13.4. The van der Waals surface area contributed by atoms with Crippen LogP contribution in [0.15, 0.2) is 48.5 Å². The minimum Gasteiger partial charge on any atom is -0.366 e. The Balaban J connectivity index is 1.89. The molecule has 0 atom stereocenters. The summed E-state index contributed by atoms with van der Waals surface area (Å²) in [7, 11) is 0. The number of hydrogen-bond donors (Lipinski definition) is 3. The van der Waals surface area contributed by atoms with E-state index >= 15 is 0 Å². The quantitative estimate of drug-likeness (QED) is 0.775. The number of rotatable bonds is 5. The lowest BCUT2D eigenvalue weighted by molar-refractivity contribution is -0.115. The molecule has 2 aromatic rings. The van der Waals surface area contributed by atoms with Crippen molar-refractivity contribution in [2.24, 2.45) is 5.73 Å². The molecule has 0 heterocycles. The maximum absolute atomic E-state index is 13.4. The number of primary amides is 1. The van der Waals surface area contributed by atoms with Gasteiger partial charge in [-0.05, 0) is 36.4 Å². The highest BCUT2D eigenvalue weighted by Crippen LogP contribution is 2.09. The zero-order chi connectivity index (χ0) is 16.8. The van der Waals surface area contributed by atoms with E-state index in [0.717, 1.165) is 6.07 Å². The van der Waals surface area contributed by atoms with Crippen molar-refractivity contribution in [3.63, 3.8) is 0 Å². The molecule has 118 valence electrons. The molecule has 0 spiro atoms. The van der Waals surface area contributed by atoms with Crippen LogP contribution in [0.25, 0.3) is 0 Å². The fourth-order valence-corrected chi connectivity index (χ4v) is 1.82. The number of anilines is 1. The number of benzene rings is 2. The van der Waals surface area contributed by atoms with Crippen LogP contribution in [0.1, 0.15) is 20.7 Å². The number of nitrogens with one attached hydrogen (secondary N) is 2. The zero-order valence-electron chi connectivity index (χ0n) is 12.0. The minimum atomic E-state index is -0.678. The molecule has 7 heteroatoms. The second-order valence-corrected chi connectivity index (χ2v) is 4.65. The Bertz CT molecular complexity index is 744. The molecule has 0 saturated carbocycles. The molecule has 0 aliphatic rings. The molecule has 0 bridgehead atoms. The van der Waals surface area contributed by atoms with E-state index in [1.165, 1.54) is 42.5 Å². The zero-order valence-corrected chi connectivity index (χ0v) is 12.0. The molecule has 0 aromatic heterocycles. The summed E-state index contributed by atoms with van der Waals surface area (Å²) >= 11 is 0. The van der Waals surface area contributed by atoms with E-state index in [9.17, 15) is 18.8 Å². The molecule has 6 nitrogen and oxygen atoms in total. The van der Waals surface area contributed by atoms with Crippen molar-refractivity contribution >= 4 is 23.4 Å². The van der Waals surface area contributed by atoms with Gasteiger partial charge in [0.05, 0.1) is 12.1 Å². The van der Waals surface area contributed by atoms with Crippen LogP contribution in [0.5, 0.6) is 0 Å². The Labute approximate surface area is 131 Å². The number of halogens is 1. The third-order valence-electron chi connectivity index (χ3n) is 2.98. The average Bonchev–Trinajstić information content (AvgIpc) is 2.53. The molecule has 0 aliphatic carbocycles. The van der Waals surface area contributed by atoms with Crippen LogP contribution in [0, 0.1) is 5.82 Å². The van der Waals surface area contributed by atoms with Gasteiger partial charge < -0.3 is 16.4 Å².